The summed E-state index contributed by atoms with van der Waals surface area (Å²) < 4.78 is 5.41. The average Bonchev–Trinajstić information content (AvgIpc) is 2.33. The van der Waals surface area contributed by atoms with Crippen LogP contribution in [0.3, 0.4) is 0 Å². The normalized spacial score (nSPS) is 9.89. The molecule has 18 heavy (non-hydrogen) atoms. The summed E-state index contributed by atoms with van der Waals surface area (Å²) in [4.78, 5) is 11.6. The van der Waals surface area contributed by atoms with Gasteiger partial charge in [0.05, 0.1) is 18.8 Å². The second-order valence-corrected chi connectivity index (χ2v) is 3.98. The summed E-state index contributed by atoms with van der Waals surface area (Å²) in [6.45, 7) is 6.76. The maximum atomic E-state index is 11.6. The third-order valence-corrected chi connectivity index (χ3v) is 2.32. The van der Waals surface area contributed by atoms with Crippen molar-refractivity contribution in [2.45, 2.75) is 6.92 Å². The van der Waals surface area contributed by atoms with E-state index in [4.69, 9.17) is 16.3 Å². The fourth-order valence-corrected chi connectivity index (χ4v) is 1.54. The molecule has 0 saturated heterocycles. The van der Waals surface area contributed by atoms with Crippen molar-refractivity contribution < 1.29 is 9.53 Å². The van der Waals surface area contributed by atoms with Gasteiger partial charge in [0.1, 0.15) is 5.75 Å². The zero-order valence-electron chi connectivity index (χ0n) is 10.3. The Hall–Kier alpha value is -1.52. The molecule has 0 aliphatic rings. The van der Waals surface area contributed by atoms with E-state index in [-0.39, 0.29) is 12.5 Å². The minimum absolute atomic E-state index is 0.153. The number of amides is 1. The van der Waals surface area contributed by atoms with Crippen LogP contribution in [0.1, 0.15) is 6.92 Å². The number of hydrogen-bond acceptors (Lipinski definition) is 3. The predicted octanol–water partition coefficient (Wildman–Crippen LogP) is 2.45. The predicted molar refractivity (Wildman–Crippen MR) is 74.3 cm³/mol. The Bertz CT molecular complexity index is 421. The maximum absolute atomic E-state index is 11.6. The summed E-state index contributed by atoms with van der Waals surface area (Å²) in [5, 5.41) is 6.22. The lowest BCUT2D eigenvalue weighted by Gasteiger charge is -2.12. The number of carbonyl (C=O) groups is 1. The molecule has 0 unspecified atom stereocenters. The van der Waals surface area contributed by atoms with Crippen LogP contribution in [0.5, 0.6) is 5.75 Å². The largest absolute Gasteiger partial charge is 0.492 e. The molecule has 1 rings (SSSR count). The number of ether oxygens (including phenoxy) is 1. The first kappa shape index (κ1) is 14.5. The Kier molecular flexibility index (Phi) is 6.25. The third kappa shape index (κ3) is 4.77. The highest BCUT2D eigenvalue weighted by atomic mass is 35.5. The molecule has 98 valence electrons. The van der Waals surface area contributed by atoms with E-state index in [1.165, 1.54) is 0 Å². The molecule has 0 heterocycles. The summed E-state index contributed by atoms with van der Waals surface area (Å²) in [6.07, 6.45) is 1.69. The molecule has 0 aliphatic carbocycles. The highest BCUT2D eigenvalue weighted by Gasteiger charge is 2.08. The molecule has 0 fully saturated rings. The van der Waals surface area contributed by atoms with E-state index in [9.17, 15) is 4.79 Å². The van der Waals surface area contributed by atoms with Crippen molar-refractivity contribution in [3.05, 3.63) is 35.9 Å². The first-order chi connectivity index (χ1) is 8.67. The molecule has 0 saturated carbocycles. The molecule has 4 nitrogen and oxygen atoms in total. The Labute approximate surface area is 112 Å². The van der Waals surface area contributed by atoms with Crippen LogP contribution in [0.2, 0.25) is 5.02 Å². The molecule has 2 N–H and O–H groups in total. The molecular formula is C13H17ClN2O2. The van der Waals surface area contributed by atoms with Gasteiger partial charge in [0.15, 0.2) is 0 Å². The van der Waals surface area contributed by atoms with E-state index in [1.54, 1.807) is 24.3 Å². The minimum Gasteiger partial charge on any atom is -0.492 e. The summed E-state index contributed by atoms with van der Waals surface area (Å²) >= 11 is 5.89. The average molecular weight is 269 g/mol. The van der Waals surface area contributed by atoms with Crippen LogP contribution in [-0.2, 0) is 4.79 Å². The number of benzene rings is 1. The van der Waals surface area contributed by atoms with Gasteiger partial charge in [-0.15, -0.1) is 6.58 Å². The van der Waals surface area contributed by atoms with E-state index in [0.717, 1.165) is 0 Å². The van der Waals surface area contributed by atoms with Crippen molar-refractivity contribution in [1.82, 2.24) is 5.32 Å². The Balaban J connectivity index is 2.66. The van der Waals surface area contributed by atoms with Gasteiger partial charge >= 0.3 is 0 Å². The Morgan fingerprint density at radius 1 is 1.56 bits per heavy atom. The van der Waals surface area contributed by atoms with Crippen LogP contribution in [-0.4, -0.2) is 25.6 Å². The maximum Gasteiger partial charge on any atom is 0.238 e. The third-order valence-electron chi connectivity index (χ3n) is 2.09. The summed E-state index contributed by atoms with van der Waals surface area (Å²) in [5.41, 5.74) is 0.578. The first-order valence-electron chi connectivity index (χ1n) is 5.71. The second-order valence-electron chi connectivity index (χ2n) is 3.54. The van der Waals surface area contributed by atoms with Crippen molar-refractivity contribution in [1.29, 1.82) is 0 Å². The van der Waals surface area contributed by atoms with Crippen molar-refractivity contribution >= 4 is 23.2 Å². The number of nitrogens with one attached hydrogen (secondary N) is 2. The quantitative estimate of drug-likeness (QED) is 0.590. The molecule has 5 heteroatoms. The number of rotatable bonds is 7. The lowest BCUT2D eigenvalue weighted by Crippen LogP contribution is -2.28. The molecule has 0 aliphatic heterocycles. The van der Waals surface area contributed by atoms with Crippen LogP contribution < -0.4 is 15.4 Å². The topological polar surface area (TPSA) is 50.4 Å². The molecule has 0 aromatic heterocycles. The summed E-state index contributed by atoms with van der Waals surface area (Å²) in [6, 6.07) is 5.12. The van der Waals surface area contributed by atoms with Crippen molar-refractivity contribution in [2.75, 3.05) is 25.0 Å². The molecule has 0 bridgehead atoms. The van der Waals surface area contributed by atoms with Gasteiger partial charge in [-0.3, -0.25) is 4.79 Å². The zero-order chi connectivity index (χ0) is 13.4. The molecule has 1 aromatic carbocycles. The van der Waals surface area contributed by atoms with Crippen LogP contribution >= 0.6 is 11.6 Å². The lowest BCUT2D eigenvalue weighted by atomic mass is 10.3. The number of halogens is 1. The molecule has 0 spiro atoms. The lowest BCUT2D eigenvalue weighted by molar-refractivity contribution is -0.115. The summed E-state index contributed by atoms with van der Waals surface area (Å²) in [7, 11) is 0. The van der Waals surface area contributed by atoms with Gasteiger partial charge in [0.25, 0.3) is 0 Å². The van der Waals surface area contributed by atoms with Gasteiger partial charge in [0.2, 0.25) is 5.91 Å². The standard InChI is InChI=1S/C13H17ClN2O2/c1-3-7-15-9-13(17)16-11-8-10(14)5-6-12(11)18-4-2/h3,5-6,8,15H,1,4,7,9H2,2H3,(H,16,17). The number of carbonyl (C=O) groups excluding carboxylic acids is 1. The first-order valence-corrected chi connectivity index (χ1v) is 6.09. The molecular weight excluding hydrogens is 252 g/mol. The Morgan fingerprint density at radius 2 is 2.33 bits per heavy atom. The highest BCUT2D eigenvalue weighted by Crippen LogP contribution is 2.27. The van der Waals surface area contributed by atoms with Gasteiger partial charge in [0, 0.05) is 11.6 Å². The fraction of sp³-hybridized carbons (Fsp3) is 0.308. The SMILES string of the molecule is C=CCNCC(=O)Nc1cc(Cl)ccc1OCC. The van der Waals surface area contributed by atoms with Gasteiger partial charge < -0.3 is 15.4 Å². The fourth-order valence-electron chi connectivity index (χ4n) is 1.36. The van der Waals surface area contributed by atoms with Gasteiger partial charge in [-0.2, -0.15) is 0 Å². The minimum atomic E-state index is -0.153. The summed E-state index contributed by atoms with van der Waals surface area (Å²) in [5.74, 6) is 0.457. The van der Waals surface area contributed by atoms with Gasteiger partial charge in [-0.05, 0) is 25.1 Å². The van der Waals surface area contributed by atoms with Gasteiger partial charge in [-0.1, -0.05) is 17.7 Å². The molecule has 0 atom stereocenters. The monoisotopic (exact) mass is 268 g/mol. The molecule has 0 radical (unpaired) electrons. The van der Waals surface area contributed by atoms with Crippen LogP contribution in [0.15, 0.2) is 30.9 Å². The van der Waals surface area contributed by atoms with Gasteiger partial charge in [-0.25, -0.2) is 0 Å². The number of anilines is 1. The smallest absolute Gasteiger partial charge is 0.238 e. The second kappa shape index (κ2) is 7.74. The highest BCUT2D eigenvalue weighted by molar-refractivity contribution is 6.31. The van der Waals surface area contributed by atoms with Crippen LogP contribution in [0.4, 0.5) is 5.69 Å². The molecule has 1 amide bonds. The van der Waals surface area contributed by atoms with E-state index in [0.29, 0.717) is 29.6 Å². The van der Waals surface area contributed by atoms with Crippen molar-refractivity contribution in [3.63, 3.8) is 0 Å². The zero-order valence-corrected chi connectivity index (χ0v) is 11.1. The van der Waals surface area contributed by atoms with E-state index in [1.807, 2.05) is 6.92 Å². The van der Waals surface area contributed by atoms with Crippen LogP contribution in [0, 0.1) is 0 Å². The van der Waals surface area contributed by atoms with Crippen LogP contribution in [0.25, 0.3) is 0 Å². The van der Waals surface area contributed by atoms with Crippen molar-refractivity contribution in [3.8, 4) is 5.75 Å². The molecule has 1 aromatic rings. The van der Waals surface area contributed by atoms with E-state index >= 15 is 0 Å². The number of hydrogen-bond donors (Lipinski definition) is 2. The van der Waals surface area contributed by atoms with Crippen molar-refractivity contribution in [2.24, 2.45) is 0 Å². The Morgan fingerprint density at radius 3 is 3.00 bits per heavy atom. The van der Waals surface area contributed by atoms with E-state index in [2.05, 4.69) is 17.2 Å². The van der Waals surface area contributed by atoms with E-state index < -0.39 is 0 Å².